The van der Waals surface area contributed by atoms with Crippen molar-refractivity contribution in [3.8, 4) is 18.5 Å². The van der Waals surface area contributed by atoms with E-state index < -0.39 is 65.0 Å². The van der Waals surface area contributed by atoms with Crippen LogP contribution >= 0.6 is 0 Å². The van der Waals surface area contributed by atoms with Crippen LogP contribution in [-0.4, -0.2) is 183 Å². The predicted octanol–water partition coefficient (Wildman–Crippen LogP) is 6.17. The van der Waals surface area contributed by atoms with Crippen LogP contribution in [0.2, 0.25) is 0 Å². The summed E-state index contributed by atoms with van der Waals surface area (Å²) in [6, 6.07) is 20.9. The molecule has 4 aromatic carbocycles. The lowest BCUT2D eigenvalue weighted by Gasteiger charge is -2.27. The SMILES string of the molecule is C#C[n+]1cnc2cc(C)c(C)cc2c1N1CCCC(NS(N)(=O)=O)CC1.C=S(N)(=O)N1CCCN(c2ncnc3cc(C)c(C)cc23)CC1.Cc1cc2ncc(C#N)c(N3CCCC(F)(CNS(C)(=O)=O)CC3)c2cc1C.Cc1cc2ncnc(N3CCN(S(N)(=O)=O)CC(F)(F)C3)c2cc1C. The highest BCUT2D eigenvalue weighted by Gasteiger charge is 2.41. The van der Waals surface area contributed by atoms with E-state index in [2.05, 4.69) is 119 Å². The number of fused-ring (bicyclic) bond motifs is 4. The first-order chi connectivity index (χ1) is 47.8. The number of nitrogens with zero attached hydrogens (tertiary/aromatic N) is 14. The molecule has 8 aromatic rings. The lowest BCUT2D eigenvalue weighted by atomic mass is 9.97. The van der Waals surface area contributed by atoms with E-state index in [1.54, 1.807) is 27.7 Å². The molecule has 4 fully saturated rings. The van der Waals surface area contributed by atoms with Gasteiger partial charge in [0.2, 0.25) is 22.2 Å². The number of terminal acetylenes is 1. The Hall–Kier alpha value is -8.06. The van der Waals surface area contributed by atoms with Gasteiger partial charge in [0, 0.05) is 93.7 Å². The average Bonchev–Trinajstić information content (AvgIpc) is 1.06. The first kappa shape index (κ1) is 78.1. The first-order valence-electron chi connectivity index (χ1n) is 33.3. The van der Waals surface area contributed by atoms with Crippen molar-refractivity contribution in [2.45, 2.75) is 118 Å². The van der Waals surface area contributed by atoms with Crippen molar-refractivity contribution in [1.29, 1.82) is 5.26 Å². The summed E-state index contributed by atoms with van der Waals surface area (Å²) in [5.74, 6) is 2.57. The van der Waals surface area contributed by atoms with E-state index >= 15 is 4.39 Å². The number of pyridine rings is 1. The van der Waals surface area contributed by atoms with E-state index in [0.717, 1.165) is 117 Å². The van der Waals surface area contributed by atoms with Gasteiger partial charge in [0.05, 0.1) is 81.6 Å². The number of aromatic nitrogens is 7. The molecule has 3 atom stereocenters. The highest BCUT2D eigenvalue weighted by Crippen LogP contribution is 2.37. The third-order valence-electron chi connectivity index (χ3n) is 19.1. The molecule has 33 heteroatoms. The van der Waals surface area contributed by atoms with Gasteiger partial charge in [-0.15, -0.1) is 4.98 Å². The van der Waals surface area contributed by atoms with E-state index in [1.165, 1.54) is 33.5 Å². The molecule has 0 amide bonds. The van der Waals surface area contributed by atoms with Gasteiger partial charge in [0.15, 0.2) is 5.52 Å². The zero-order valence-corrected chi connectivity index (χ0v) is 62.3. The summed E-state index contributed by atoms with van der Waals surface area (Å²) in [6.07, 6.45) is 17.1. The summed E-state index contributed by atoms with van der Waals surface area (Å²) in [5, 5.41) is 29.1. The van der Waals surface area contributed by atoms with Gasteiger partial charge in [-0.05, 0) is 193 Å². The van der Waals surface area contributed by atoms with Gasteiger partial charge < -0.3 is 14.7 Å². The first-order valence-corrected chi connectivity index (χ1v) is 40.0. The Kier molecular flexibility index (Phi) is 24.4. The van der Waals surface area contributed by atoms with E-state index in [0.29, 0.717) is 72.2 Å². The van der Waals surface area contributed by atoms with Crippen molar-refractivity contribution < 1.29 is 47.2 Å². The molecule has 3 unspecified atom stereocenters. The molecule has 4 aliphatic rings. The van der Waals surface area contributed by atoms with Crippen molar-refractivity contribution in [1.82, 2.24) is 48.0 Å². The minimum absolute atomic E-state index is 0.0606. The van der Waals surface area contributed by atoms with Crippen molar-refractivity contribution in [3.63, 3.8) is 0 Å². The molecule has 0 saturated carbocycles. The van der Waals surface area contributed by atoms with Gasteiger partial charge in [0.25, 0.3) is 26.3 Å². The molecule has 0 radical (unpaired) electrons. The van der Waals surface area contributed by atoms with Crippen LogP contribution in [-0.2, 0) is 40.3 Å². The van der Waals surface area contributed by atoms with Crippen LogP contribution in [0.15, 0.2) is 73.7 Å². The fourth-order valence-corrected chi connectivity index (χ4v) is 15.8. The number of hydrogen-bond donors (Lipinski definition) is 5. The highest BCUT2D eigenvalue weighted by atomic mass is 32.2. The zero-order valence-electron chi connectivity index (χ0n) is 59.0. The summed E-state index contributed by atoms with van der Waals surface area (Å²) in [5.41, 5.74) is 12.1. The number of anilines is 4. The van der Waals surface area contributed by atoms with Gasteiger partial charge in [-0.3, -0.25) is 9.88 Å². The average molecular weight is 1480 g/mol. The van der Waals surface area contributed by atoms with Crippen molar-refractivity contribution in [3.05, 3.63) is 124 Å². The van der Waals surface area contributed by atoms with E-state index in [9.17, 15) is 43.5 Å². The van der Waals surface area contributed by atoms with Crippen LogP contribution in [0.3, 0.4) is 0 Å². The van der Waals surface area contributed by atoms with E-state index in [4.69, 9.17) is 21.8 Å². The Morgan fingerprint density at radius 1 is 0.578 bits per heavy atom. The maximum atomic E-state index is 15.2. The third kappa shape index (κ3) is 19.8. The molecule has 26 nitrogen and oxygen atoms in total. The van der Waals surface area contributed by atoms with Crippen molar-refractivity contribution >= 4 is 113 Å². The summed E-state index contributed by atoms with van der Waals surface area (Å²) >= 11 is 0. The number of sulfonamides is 1. The van der Waals surface area contributed by atoms with Gasteiger partial charge in [-0.2, -0.15) is 35.7 Å². The number of benzene rings is 4. The summed E-state index contributed by atoms with van der Waals surface area (Å²) < 4.78 is 133. The fourth-order valence-electron chi connectivity index (χ4n) is 13.0. The molecule has 8 heterocycles. The molecule has 0 spiro atoms. The Labute approximate surface area is 596 Å². The van der Waals surface area contributed by atoms with Crippen LogP contribution in [0.1, 0.15) is 95.0 Å². The number of halogens is 3. The molecule has 8 N–H and O–H groups in total. The second kappa shape index (κ2) is 31.9. The number of aryl methyl sites for hydroxylation is 8. The van der Waals surface area contributed by atoms with Crippen molar-refractivity contribution in [2.24, 2.45) is 15.4 Å². The highest BCUT2D eigenvalue weighted by molar-refractivity contribution is 7.96. The van der Waals surface area contributed by atoms with Gasteiger partial charge >= 0.3 is 0 Å². The van der Waals surface area contributed by atoms with Crippen LogP contribution < -0.4 is 49.0 Å². The van der Waals surface area contributed by atoms with Crippen LogP contribution in [0.4, 0.5) is 36.3 Å². The normalized spacial score (nSPS) is 19.5. The molecular weight excluding hydrogens is 1390 g/mol. The molecule has 4 aromatic heterocycles. The second-order valence-corrected chi connectivity index (χ2v) is 33.5. The topological polar surface area (TPSA) is 346 Å². The quantitative estimate of drug-likeness (QED) is 0.0549. The molecule has 0 bridgehead atoms. The summed E-state index contributed by atoms with van der Waals surface area (Å²) in [6.45, 7) is 19.7. The molecule has 0 aliphatic carbocycles. The molecular formula is C69H91F3N19O7S4+. The number of alkyl halides is 3. The largest absolute Gasteiger partial charge is 0.370 e. The van der Waals surface area contributed by atoms with Gasteiger partial charge in [-0.25, -0.2) is 70.2 Å². The molecule has 102 heavy (non-hydrogen) atoms. The maximum absolute atomic E-state index is 15.2. The third-order valence-corrected chi connectivity index (χ3v) is 22.7. The maximum Gasteiger partial charge on any atom is 0.278 e. The predicted molar refractivity (Wildman–Crippen MR) is 398 cm³/mol. The number of nitrogens with one attached hydrogen (secondary N) is 2. The standard InChI is InChI=1S/C20H25FN4O2S.C18H24N5O2S.C16H23N5OS.C15H19F2N5O2S/c1-14-9-17-18(10-15(14)2)23-12-16(11-22)19(17)25-7-4-5-20(21,6-8-25)13-24-28(3,26)27;1-4-22-12-20-17-11-14(3)13(2)10-16(17)18(22)23-8-5-6-15(7-9-23)21-26(19,24)25;1-12-9-14-15(10-13(12)2)18-11-19-16(14)20-5-4-6-21(8-7-20)23(3,17)22;1-10-5-12-13(6-11(10)2)19-9-20-14(12)21-3-4-22(25(18,23)24)8-15(16,17)7-21/h9-10,12,24H,4-8,13H2,1-3H3;1,10-12,15,21H,5-9H2,2-3H3,(H2,19,24,25);9-11H,3-8H2,1-2H3,(H2,17,22);5-6,9H,3-4,7-8H2,1-2H3,(H2,18,23,24)/q;+1;;. The number of rotatable bonds is 11. The Morgan fingerprint density at radius 2 is 1.09 bits per heavy atom. The summed E-state index contributed by atoms with van der Waals surface area (Å²) in [4.78, 5) is 34.1. The van der Waals surface area contributed by atoms with Gasteiger partial charge in [0.1, 0.15) is 36.0 Å². The molecule has 4 saturated heterocycles. The van der Waals surface area contributed by atoms with E-state index in [1.807, 2.05) is 56.9 Å². The van der Waals surface area contributed by atoms with Crippen LogP contribution in [0.5, 0.6) is 0 Å². The lowest BCUT2D eigenvalue weighted by Crippen LogP contribution is -2.44. The minimum Gasteiger partial charge on any atom is -0.370 e. The second-order valence-electron chi connectivity index (χ2n) is 26.9. The Balaban J connectivity index is 0.000000159. The molecule has 12 rings (SSSR count). The summed E-state index contributed by atoms with van der Waals surface area (Å²) in [7, 11) is -14.0. The Bertz CT molecular complexity index is 5030. The number of hydrogen-bond acceptors (Lipinski definition) is 18. The zero-order chi connectivity index (χ0) is 74.4. The fraction of sp³-hybridized carbons (Fsp3) is 0.464. The van der Waals surface area contributed by atoms with Crippen molar-refractivity contribution in [2.75, 3.05) is 111 Å². The van der Waals surface area contributed by atoms with Gasteiger partial charge in [-0.1, -0.05) is 6.42 Å². The molecule has 548 valence electrons. The number of nitrogens with two attached hydrogens (primary N) is 3. The monoisotopic (exact) mass is 1480 g/mol. The Morgan fingerprint density at radius 3 is 1.64 bits per heavy atom. The number of nitriles is 1. The van der Waals surface area contributed by atoms with Crippen LogP contribution in [0.25, 0.3) is 43.6 Å². The lowest BCUT2D eigenvalue weighted by molar-refractivity contribution is -0.572. The van der Waals surface area contributed by atoms with Crippen LogP contribution in [0, 0.1) is 79.2 Å². The smallest absolute Gasteiger partial charge is 0.278 e. The molecule has 4 aliphatic heterocycles. The van der Waals surface area contributed by atoms with E-state index in [-0.39, 0.29) is 38.5 Å². The minimum atomic E-state index is -4.19.